The van der Waals surface area contributed by atoms with Crippen molar-refractivity contribution in [1.82, 2.24) is 9.97 Å². The average Bonchev–Trinajstić information content (AvgIpc) is 2.78. The Balaban J connectivity index is 1.41. The number of pyridine rings is 2. The first-order chi connectivity index (χ1) is 14.3. The van der Waals surface area contributed by atoms with Crippen molar-refractivity contribution in [3.63, 3.8) is 0 Å². The van der Waals surface area contributed by atoms with Gasteiger partial charge in [-0.2, -0.15) is 0 Å². The molecule has 0 fully saturated rings. The van der Waals surface area contributed by atoms with Gasteiger partial charge in [0.25, 0.3) is 0 Å². The third kappa shape index (κ3) is 2.90. The zero-order valence-corrected chi connectivity index (χ0v) is 18.8. The van der Waals surface area contributed by atoms with Crippen LogP contribution in [0.15, 0.2) is 97.3 Å². The first kappa shape index (κ1) is 16.8. The number of hydrogen-bond acceptors (Lipinski definition) is 2. The number of rotatable bonds is 2. The van der Waals surface area contributed by atoms with E-state index in [-0.39, 0.29) is 0 Å². The van der Waals surface area contributed by atoms with E-state index in [1.807, 2.05) is 24.5 Å². The summed E-state index contributed by atoms with van der Waals surface area (Å²) in [6.45, 7) is 0. The average molecular weight is 422 g/mol. The summed E-state index contributed by atoms with van der Waals surface area (Å²) < 4.78 is 3.02. The number of fused-ring (bicyclic) bond motifs is 6. The van der Waals surface area contributed by atoms with E-state index in [1.54, 1.807) is 0 Å². The molecule has 6 aromatic rings. The van der Waals surface area contributed by atoms with Crippen LogP contribution in [-0.2, 0) is 17.1 Å². The minimum absolute atomic E-state index is 1.06. The van der Waals surface area contributed by atoms with E-state index in [0.717, 1.165) is 11.0 Å². The van der Waals surface area contributed by atoms with Crippen LogP contribution in [0.5, 0.6) is 0 Å². The topological polar surface area (TPSA) is 25.8 Å². The predicted molar refractivity (Wildman–Crippen MR) is 118 cm³/mol. The molecule has 0 saturated carbocycles. The van der Waals surface area contributed by atoms with Crippen LogP contribution in [-0.4, -0.2) is 9.97 Å². The maximum absolute atomic E-state index is 4.48. The van der Waals surface area contributed by atoms with Crippen molar-refractivity contribution in [2.24, 2.45) is 0 Å². The number of benzene rings is 4. The zero-order chi connectivity index (χ0) is 19.2. The van der Waals surface area contributed by atoms with Crippen molar-refractivity contribution < 1.29 is 17.1 Å². The summed E-state index contributed by atoms with van der Waals surface area (Å²) in [5.74, 6) is 0. The summed E-state index contributed by atoms with van der Waals surface area (Å²) in [4.78, 5) is 8.96. The molecular weight excluding hydrogens is 406 g/mol. The molecule has 0 atom stereocenters. The van der Waals surface area contributed by atoms with Gasteiger partial charge >= 0.3 is 176 Å². The maximum atomic E-state index is 4.48. The van der Waals surface area contributed by atoms with Crippen LogP contribution in [0.1, 0.15) is 0 Å². The Hall–Kier alpha value is -3.16. The Labute approximate surface area is 175 Å². The van der Waals surface area contributed by atoms with Crippen molar-refractivity contribution in [2.75, 3.05) is 0 Å². The van der Waals surface area contributed by atoms with E-state index in [2.05, 4.69) is 82.8 Å². The van der Waals surface area contributed by atoms with Gasteiger partial charge in [-0.05, 0) is 0 Å². The summed E-state index contributed by atoms with van der Waals surface area (Å²) in [5, 5.41) is 7.67. The predicted octanol–water partition coefficient (Wildman–Crippen LogP) is 5.12. The van der Waals surface area contributed by atoms with Crippen LogP contribution in [0, 0.1) is 0 Å². The molecule has 29 heavy (non-hydrogen) atoms. The van der Waals surface area contributed by atoms with E-state index >= 15 is 0 Å². The van der Waals surface area contributed by atoms with Crippen molar-refractivity contribution in [2.45, 2.75) is 0 Å². The first-order valence-electron chi connectivity index (χ1n) is 9.88. The first-order valence-corrected chi connectivity index (χ1v) is 12.8. The Bertz CT molecular complexity index is 1420. The molecular formula is C26H16N2Zn. The molecule has 0 radical (unpaired) electrons. The molecule has 0 aliphatic heterocycles. The Morgan fingerprint density at radius 2 is 1.00 bits per heavy atom. The third-order valence-corrected chi connectivity index (χ3v) is 9.30. The fraction of sp³-hybridized carbons (Fsp3) is 0. The minimum atomic E-state index is -1.06. The molecule has 2 aromatic heterocycles. The summed E-state index contributed by atoms with van der Waals surface area (Å²) in [7, 11) is 0. The van der Waals surface area contributed by atoms with Gasteiger partial charge in [-0.1, -0.05) is 0 Å². The SMILES string of the molecule is c1cnc2ccc3c[c]([Zn][c]4ccc5c(ccc6ncccc65)c4)ccc3c2c1. The van der Waals surface area contributed by atoms with E-state index < -0.39 is 17.1 Å². The van der Waals surface area contributed by atoms with Gasteiger partial charge in [0.1, 0.15) is 0 Å². The van der Waals surface area contributed by atoms with E-state index in [4.69, 9.17) is 0 Å². The standard InChI is InChI=1S/2C13H8N.Zn/c2*1-2-5-11-10(4-1)7-8-13-12(11)6-3-9-14-13;/h2*2-9H;. The van der Waals surface area contributed by atoms with Crippen LogP contribution in [0.25, 0.3) is 43.4 Å². The number of hydrogen-bond donors (Lipinski definition) is 0. The summed E-state index contributed by atoms with van der Waals surface area (Å²) in [5.41, 5.74) is 2.12. The van der Waals surface area contributed by atoms with Gasteiger partial charge in [0.2, 0.25) is 0 Å². The molecule has 2 heterocycles. The molecule has 0 aliphatic carbocycles. The monoisotopic (exact) mass is 420 g/mol. The zero-order valence-electron chi connectivity index (χ0n) is 15.8. The van der Waals surface area contributed by atoms with Crippen LogP contribution >= 0.6 is 0 Å². The quantitative estimate of drug-likeness (QED) is 0.286. The normalized spacial score (nSPS) is 11.3. The van der Waals surface area contributed by atoms with Gasteiger partial charge in [0.05, 0.1) is 0 Å². The Kier molecular flexibility index (Phi) is 3.89. The van der Waals surface area contributed by atoms with Crippen molar-refractivity contribution in [3.8, 4) is 0 Å². The van der Waals surface area contributed by atoms with Gasteiger partial charge in [-0.15, -0.1) is 0 Å². The molecule has 4 aromatic carbocycles. The molecule has 2 nitrogen and oxygen atoms in total. The second-order valence-corrected chi connectivity index (χ2v) is 11.7. The molecule has 0 amide bonds. The molecule has 6 rings (SSSR count). The molecule has 3 heteroatoms. The Morgan fingerprint density at radius 1 is 0.483 bits per heavy atom. The van der Waals surface area contributed by atoms with Crippen LogP contribution < -0.4 is 8.32 Å². The van der Waals surface area contributed by atoms with Gasteiger partial charge in [0, 0.05) is 0 Å². The van der Waals surface area contributed by atoms with Gasteiger partial charge in [-0.3, -0.25) is 0 Å². The third-order valence-electron chi connectivity index (χ3n) is 5.74. The Morgan fingerprint density at radius 3 is 1.52 bits per heavy atom. The van der Waals surface area contributed by atoms with Crippen molar-refractivity contribution >= 4 is 51.7 Å². The fourth-order valence-electron chi connectivity index (χ4n) is 4.34. The summed E-state index contributed by atoms with van der Waals surface area (Å²) >= 11 is -1.06. The summed E-state index contributed by atoms with van der Waals surface area (Å²) in [6, 6.07) is 31.0. The summed E-state index contributed by atoms with van der Waals surface area (Å²) in [6.07, 6.45) is 3.72. The fourth-order valence-corrected chi connectivity index (χ4v) is 7.67. The van der Waals surface area contributed by atoms with Gasteiger partial charge < -0.3 is 0 Å². The number of aromatic nitrogens is 2. The van der Waals surface area contributed by atoms with Crippen LogP contribution in [0.3, 0.4) is 0 Å². The van der Waals surface area contributed by atoms with E-state index in [1.165, 1.54) is 40.6 Å². The molecule has 132 valence electrons. The molecule has 0 bridgehead atoms. The van der Waals surface area contributed by atoms with E-state index in [9.17, 15) is 0 Å². The van der Waals surface area contributed by atoms with Crippen LogP contribution in [0.4, 0.5) is 0 Å². The van der Waals surface area contributed by atoms with Crippen LogP contribution in [0.2, 0.25) is 0 Å². The molecule has 0 N–H and O–H groups in total. The molecule has 0 aliphatic rings. The second-order valence-electron chi connectivity index (χ2n) is 7.56. The molecule has 0 spiro atoms. The molecule has 0 unspecified atom stereocenters. The molecule has 0 saturated heterocycles. The van der Waals surface area contributed by atoms with E-state index in [0.29, 0.717) is 0 Å². The second kappa shape index (κ2) is 6.72. The van der Waals surface area contributed by atoms with Crippen molar-refractivity contribution in [3.05, 3.63) is 97.3 Å². The van der Waals surface area contributed by atoms with Gasteiger partial charge in [-0.25, -0.2) is 0 Å². The van der Waals surface area contributed by atoms with Crippen molar-refractivity contribution in [1.29, 1.82) is 0 Å². The van der Waals surface area contributed by atoms with Gasteiger partial charge in [0.15, 0.2) is 0 Å². The number of nitrogens with zero attached hydrogens (tertiary/aromatic N) is 2.